The van der Waals surface area contributed by atoms with Crippen LogP contribution in [0.15, 0.2) is 0 Å². The van der Waals surface area contributed by atoms with Crippen molar-refractivity contribution < 1.29 is 0 Å². The van der Waals surface area contributed by atoms with Crippen LogP contribution in [0.1, 0.15) is 51.4 Å². The summed E-state index contributed by atoms with van der Waals surface area (Å²) < 4.78 is 0. The highest BCUT2D eigenvalue weighted by Crippen LogP contribution is 2.49. The van der Waals surface area contributed by atoms with Crippen LogP contribution in [0.25, 0.3) is 0 Å². The molecule has 2 atom stereocenters. The number of piperidine rings is 1. The Bertz CT molecular complexity index is 247. The van der Waals surface area contributed by atoms with Crippen molar-refractivity contribution in [2.75, 3.05) is 18.4 Å². The Kier molecular flexibility index (Phi) is 3.32. The molecule has 1 heterocycles. The highest BCUT2D eigenvalue weighted by molar-refractivity contribution is 9.09. The van der Waals surface area contributed by atoms with Crippen LogP contribution in [0, 0.1) is 11.3 Å². The van der Waals surface area contributed by atoms with Gasteiger partial charge in [-0.3, -0.25) is 4.90 Å². The minimum atomic E-state index is 0.680. The Hall–Kier alpha value is 0.440. The van der Waals surface area contributed by atoms with Crippen LogP contribution in [-0.2, 0) is 0 Å². The summed E-state index contributed by atoms with van der Waals surface area (Å²) >= 11 is 3.72. The number of fused-ring (bicyclic) bond motifs is 1. The first kappa shape index (κ1) is 11.5. The second-order valence-corrected chi connectivity index (χ2v) is 6.92. The van der Waals surface area contributed by atoms with Crippen molar-refractivity contribution >= 4 is 15.9 Å². The van der Waals surface area contributed by atoms with Gasteiger partial charge in [-0.2, -0.15) is 0 Å². The summed E-state index contributed by atoms with van der Waals surface area (Å²) in [6.45, 7) is 2.77. The molecule has 3 aliphatic rings. The summed E-state index contributed by atoms with van der Waals surface area (Å²) in [7, 11) is 0. The van der Waals surface area contributed by atoms with Gasteiger partial charge in [0.25, 0.3) is 0 Å². The van der Waals surface area contributed by atoms with Gasteiger partial charge in [0.2, 0.25) is 0 Å². The van der Waals surface area contributed by atoms with Crippen molar-refractivity contribution in [3.63, 3.8) is 0 Å². The molecular weight excluding hydrogens is 262 g/mol. The molecular formula is C14H24BrN. The predicted octanol–water partition coefficient (Wildman–Crippen LogP) is 3.82. The third-order valence-corrected chi connectivity index (χ3v) is 6.33. The zero-order valence-electron chi connectivity index (χ0n) is 10.3. The van der Waals surface area contributed by atoms with Gasteiger partial charge in [0.1, 0.15) is 0 Å². The number of rotatable bonds is 3. The average molecular weight is 286 g/mol. The Morgan fingerprint density at radius 1 is 1.06 bits per heavy atom. The molecule has 0 radical (unpaired) electrons. The second kappa shape index (κ2) is 4.61. The SMILES string of the molecule is BrCC1(CN2CCCC3CCCCC32)CC1. The Labute approximate surface area is 108 Å². The Morgan fingerprint density at radius 3 is 2.56 bits per heavy atom. The normalized spacial score (nSPS) is 38.1. The van der Waals surface area contributed by atoms with Gasteiger partial charge in [0.15, 0.2) is 0 Å². The third-order valence-electron chi connectivity index (χ3n) is 5.14. The summed E-state index contributed by atoms with van der Waals surface area (Å²) in [5.74, 6) is 1.05. The standard InChI is InChI=1S/C14H24BrN/c15-10-14(7-8-14)11-16-9-3-5-12-4-1-2-6-13(12)16/h12-13H,1-11H2. The molecule has 3 rings (SSSR count). The summed E-state index contributed by atoms with van der Waals surface area (Å²) in [4.78, 5) is 2.86. The summed E-state index contributed by atoms with van der Waals surface area (Å²) in [5, 5.41) is 1.23. The maximum absolute atomic E-state index is 3.72. The number of hydrogen-bond donors (Lipinski definition) is 0. The summed E-state index contributed by atoms with van der Waals surface area (Å²) in [5.41, 5.74) is 0.680. The van der Waals surface area contributed by atoms with E-state index in [2.05, 4.69) is 20.8 Å². The van der Waals surface area contributed by atoms with Crippen molar-refractivity contribution in [3.8, 4) is 0 Å². The minimum absolute atomic E-state index is 0.680. The summed E-state index contributed by atoms with van der Waals surface area (Å²) in [6, 6.07) is 0.957. The Balaban J connectivity index is 1.64. The van der Waals surface area contributed by atoms with E-state index >= 15 is 0 Å². The van der Waals surface area contributed by atoms with Gasteiger partial charge in [0, 0.05) is 17.9 Å². The fourth-order valence-electron chi connectivity index (χ4n) is 3.87. The van der Waals surface area contributed by atoms with Crippen LogP contribution in [-0.4, -0.2) is 29.4 Å². The van der Waals surface area contributed by atoms with E-state index in [1.54, 1.807) is 0 Å². The first-order valence-electron chi connectivity index (χ1n) is 7.13. The zero-order chi connectivity index (χ0) is 11.0. The van der Waals surface area contributed by atoms with Gasteiger partial charge < -0.3 is 0 Å². The van der Waals surface area contributed by atoms with E-state index in [9.17, 15) is 0 Å². The van der Waals surface area contributed by atoms with Crippen LogP contribution in [0.3, 0.4) is 0 Å². The monoisotopic (exact) mass is 285 g/mol. The lowest BCUT2D eigenvalue weighted by Gasteiger charge is -2.45. The quantitative estimate of drug-likeness (QED) is 0.713. The van der Waals surface area contributed by atoms with Gasteiger partial charge in [0.05, 0.1) is 0 Å². The number of nitrogens with zero attached hydrogens (tertiary/aromatic N) is 1. The lowest BCUT2D eigenvalue weighted by molar-refractivity contribution is 0.0473. The van der Waals surface area contributed by atoms with E-state index in [0.717, 1.165) is 12.0 Å². The molecule has 0 spiro atoms. The molecule has 0 N–H and O–H groups in total. The van der Waals surface area contributed by atoms with E-state index in [4.69, 9.17) is 0 Å². The average Bonchev–Trinajstić information content (AvgIpc) is 3.10. The molecule has 0 aromatic carbocycles. The number of likely N-dealkylation sites (tertiary alicyclic amines) is 1. The van der Waals surface area contributed by atoms with Crippen molar-refractivity contribution in [1.82, 2.24) is 4.90 Å². The molecule has 92 valence electrons. The van der Waals surface area contributed by atoms with Gasteiger partial charge in [-0.05, 0) is 56.4 Å². The van der Waals surface area contributed by atoms with E-state index in [0.29, 0.717) is 5.41 Å². The van der Waals surface area contributed by atoms with Crippen LogP contribution in [0.2, 0.25) is 0 Å². The molecule has 0 aromatic heterocycles. The number of hydrogen-bond acceptors (Lipinski definition) is 1. The van der Waals surface area contributed by atoms with Gasteiger partial charge in [-0.15, -0.1) is 0 Å². The second-order valence-electron chi connectivity index (χ2n) is 6.36. The van der Waals surface area contributed by atoms with Crippen LogP contribution >= 0.6 is 15.9 Å². The molecule has 2 saturated carbocycles. The zero-order valence-corrected chi connectivity index (χ0v) is 11.8. The highest BCUT2D eigenvalue weighted by atomic mass is 79.9. The third kappa shape index (κ3) is 2.20. The van der Waals surface area contributed by atoms with E-state index in [1.807, 2.05) is 0 Å². The molecule has 2 heteroatoms. The Morgan fingerprint density at radius 2 is 1.81 bits per heavy atom. The molecule has 0 bridgehead atoms. The fraction of sp³-hybridized carbons (Fsp3) is 1.00. The lowest BCUT2D eigenvalue weighted by Crippen LogP contribution is -2.49. The molecule has 0 amide bonds. The van der Waals surface area contributed by atoms with Crippen molar-refractivity contribution in [2.24, 2.45) is 11.3 Å². The molecule has 1 saturated heterocycles. The van der Waals surface area contributed by atoms with Crippen molar-refractivity contribution in [3.05, 3.63) is 0 Å². The maximum Gasteiger partial charge on any atom is 0.0124 e. The first-order valence-corrected chi connectivity index (χ1v) is 8.25. The van der Waals surface area contributed by atoms with Gasteiger partial charge in [-0.25, -0.2) is 0 Å². The molecule has 1 nitrogen and oxygen atoms in total. The fourth-order valence-corrected chi connectivity index (χ4v) is 4.60. The molecule has 3 fully saturated rings. The van der Waals surface area contributed by atoms with Crippen LogP contribution in [0.5, 0.6) is 0 Å². The molecule has 0 aromatic rings. The number of halogens is 1. The van der Waals surface area contributed by atoms with Crippen molar-refractivity contribution in [2.45, 2.75) is 57.4 Å². The van der Waals surface area contributed by atoms with E-state index < -0.39 is 0 Å². The van der Waals surface area contributed by atoms with E-state index in [-0.39, 0.29) is 0 Å². The molecule has 16 heavy (non-hydrogen) atoms. The summed E-state index contributed by atoms with van der Waals surface area (Å²) in [6.07, 6.45) is 11.9. The smallest absolute Gasteiger partial charge is 0.0124 e. The highest BCUT2D eigenvalue weighted by Gasteiger charge is 2.45. The molecule has 1 aliphatic heterocycles. The molecule has 2 unspecified atom stereocenters. The van der Waals surface area contributed by atoms with E-state index in [1.165, 1.54) is 69.8 Å². The van der Waals surface area contributed by atoms with Gasteiger partial charge >= 0.3 is 0 Å². The van der Waals surface area contributed by atoms with Crippen LogP contribution < -0.4 is 0 Å². The number of alkyl halides is 1. The molecule has 2 aliphatic carbocycles. The largest absolute Gasteiger partial charge is 0.300 e. The first-order chi connectivity index (χ1) is 7.83. The van der Waals surface area contributed by atoms with Crippen molar-refractivity contribution in [1.29, 1.82) is 0 Å². The van der Waals surface area contributed by atoms with Gasteiger partial charge in [-0.1, -0.05) is 28.8 Å². The lowest BCUT2D eigenvalue weighted by atomic mass is 9.78. The predicted molar refractivity (Wildman–Crippen MR) is 72.0 cm³/mol. The minimum Gasteiger partial charge on any atom is -0.300 e. The topological polar surface area (TPSA) is 3.24 Å². The maximum atomic E-state index is 3.72. The van der Waals surface area contributed by atoms with Crippen LogP contribution in [0.4, 0.5) is 0 Å².